The summed E-state index contributed by atoms with van der Waals surface area (Å²) in [6.07, 6.45) is 7.45. The van der Waals surface area contributed by atoms with E-state index in [2.05, 4.69) is 0 Å². The number of hydrogen-bond donors (Lipinski definition) is 2. The van der Waals surface area contributed by atoms with Gasteiger partial charge in [0.25, 0.3) is 0 Å². The van der Waals surface area contributed by atoms with Gasteiger partial charge in [-0.25, -0.2) is 0 Å². The Balaban J connectivity index is 2.16. The van der Waals surface area contributed by atoms with Gasteiger partial charge in [-0.2, -0.15) is 0 Å². The van der Waals surface area contributed by atoms with Crippen molar-refractivity contribution in [2.24, 2.45) is 0 Å². The van der Waals surface area contributed by atoms with Crippen molar-refractivity contribution in [3.8, 4) is 5.75 Å². The largest absolute Gasteiger partial charge is 0.508 e. The molecule has 1 unspecified atom stereocenters. The fourth-order valence-corrected chi connectivity index (χ4v) is 2.18. The highest BCUT2D eigenvalue weighted by atomic mass is 16.3. The van der Waals surface area contributed by atoms with Crippen LogP contribution < -0.4 is 0 Å². The molecule has 2 aliphatic carbocycles. The zero-order chi connectivity index (χ0) is 10.4. The average Bonchev–Trinajstić information content (AvgIpc) is 2.53. The van der Waals surface area contributed by atoms with Gasteiger partial charge >= 0.3 is 0 Å². The third-order valence-corrected chi connectivity index (χ3v) is 2.86. The van der Waals surface area contributed by atoms with Crippen LogP contribution in [0.4, 0.5) is 0 Å². The molecule has 3 rings (SSSR count). The van der Waals surface area contributed by atoms with Crippen LogP contribution in [0.1, 0.15) is 17.0 Å². The molecule has 2 heteroatoms. The Morgan fingerprint density at radius 2 is 1.93 bits per heavy atom. The second-order valence-corrected chi connectivity index (χ2v) is 3.86. The van der Waals surface area contributed by atoms with Gasteiger partial charge in [-0.3, -0.25) is 0 Å². The van der Waals surface area contributed by atoms with Crippen LogP contribution in [0.2, 0.25) is 0 Å². The highest BCUT2D eigenvalue weighted by Gasteiger charge is 2.24. The zero-order valence-electron chi connectivity index (χ0n) is 8.01. The van der Waals surface area contributed by atoms with E-state index in [-0.39, 0.29) is 17.4 Å². The second kappa shape index (κ2) is 2.76. The number of hydrogen-bond acceptors (Lipinski definition) is 2. The second-order valence-electron chi connectivity index (χ2n) is 3.86. The number of phenols is 1. The first kappa shape index (κ1) is 8.36. The quantitative estimate of drug-likeness (QED) is 0.673. The summed E-state index contributed by atoms with van der Waals surface area (Å²) in [6, 6.07) is 5.38. The maximum atomic E-state index is 9.37. The molecule has 0 bridgehead atoms. The van der Waals surface area contributed by atoms with Crippen molar-refractivity contribution >= 4 is 6.08 Å². The van der Waals surface area contributed by atoms with Crippen molar-refractivity contribution in [1.82, 2.24) is 0 Å². The lowest BCUT2D eigenvalue weighted by Crippen LogP contribution is -1.98. The highest BCUT2D eigenvalue weighted by molar-refractivity contribution is 5.72. The van der Waals surface area contributed by atoms with Crippen molar-refractivity contribution < 1.29 is 10.2 Å². The van der Waals surface area contributed by atoms with E-state index in [1.165, 1.54) is 5.56 Å². The lowest BCUT2D eigenvalue weighted by atomic mass is 9.92. The number of phenolic OH excluding ortho intramolecular Hbond substituents is 1. The van der Waals surface area contributed by atoms with E-state index in [1.54, 1.807) is 24.3 Å². The number of rotatable bonds is 0. The minimum atomic E-state index is 0.233. The molecule has 0 heterocycles. The monoisotopic (exact) mass is 198 g/mol. The Morgan fingerprint density at radius 1 is 1.07 bits per heavy atom. The molecule has 0 saturated carbocycles. The van der Waals surface area contributed by atoms with Crippen LogP contribution in [0.3, 0.4) is 0 Å². The molecule has 0 fully saturated rings. The van der Waals surface area contributed by atoms with Gasteiger partial charge in [-0.15, -0.1) is 0 Å². The summed E-state index contributed by atoms with van der Waals surface area (Å²) in [5, 5.41) is 18.7. The topological polar surface area (TPSA) is 40.5 Å². The maximum Gasteiger partial charge on any atom is 0.116 e. The van der Waals surface area contributed by atoms with E-state index in [4.69, 9.17) is 0 Å². The van der Waals surface area contributed by atoms with E-state index >= 15 is 0 Å². The fourth-order valence-electron chi connectivity index (χ4n) is 2.18. The van der Waals surface area contributed by atoms with Gasteiger partial charge in [0.15, 0.2) is 0 Å². The van der Waals surface area contributed by atoms with Gasteiger partial charge in [0.2, 0.25) is 0 Å². The van der Waals surface area contributed by atoms with Gasteiger partial charge in [-0.1, -0.05) is 18.2 Å². The summed E-state index contributed by atoms with van der Waals surface area (Å²) in [6.45, 7) is 0. The predicted molar refractivity (Wildman–Crippen MR) is 58.7 cm³/mol. The molecule has 0 amide bonds. The van der Waals surface area contributed by atoms with E-state index in [0.717, 1.165) is 11.1 Å². The van der Waals surface area contributed by atoms with Gasteiger partial charge in [-0.05, 0) is 41.0 Å². The van der Waals surface area contributed by atoms with Crippen LogP contribution in [0.15, 0.2) is 47.8 Å². The molecule has 0 radical (unpaired) electrons. The van der Waals surface area contributed by atoms with Crippen LogP contribution in [0.5, 0.6) is 5.75 Å². The Morgan fingerprint density at radius 3 is 2.80 bits per heavy atom. The number of aliphatic hydroxyl groups is 1. The molecule has 0 spiro atoms. The zero-order valence-corrected chi connectivity index (χ0v) is 8.01. The summed E-state index contributed by atoms with van der Waals surface area (Å²) in [5.41, 5.74) is 3.30. The Kier molecular flexibility index (Phi) is 1.54. The Bertz CT molecular complexity index is 521. The first-order valence-electron chi connectivity index (χ1n) is 4.87. The normalized spacial score (nSPS) is 21.7. The van der Waals surface area contributed by atoms with Crippen LogP contribution in [-0.4, -0.2) is 10.2 Å². The SMILES string of the molecule is OC1=CC2=Cc3cc(O)ccc3C2C=C1. The third-order valence-electron chi connectivity index (χ3n) is 2.86. The van der Waals surface area contributed by atoms with Crippen LogP contribution in [0, 0.1) is 0 Å². The lowest BCUT2D eigenvalue weighted by molar-refractivity contribution is 0.430. The molecular formula is C13H10O2. The molecule has 0 saturated heterocycles. The van der Waals surface area contributed by atoms with Crippen molar-refractivity contribution in [3.63, 3.8) is 0 Å². The van der Waals surface area contributed by atoms with Gasteiger partial charge < -0.3 is 10.2 Å². The molecule has 2 nitrogen and oxygen atoms in total. The molecule has 15 heavy (non-hydrogen) atoms. The highest BCUT2D eigenvalue weighted by Crippen LogP contribution is 2.41. The molecule has 1 atom stereocenters. The lowest BCUT2D eigenvalue weighted by Gasteiger charge is -2.13. The third kappa shape index (κ3) is 1.18. The number of benzene rings is 1. The van der Waals surface area contributed by atoms with Crippen LogP contribution in [0.25, 0.3) is 6.08 Å². The first-order chi connectivity index (χ1) is 7.24. The van der Waals surface area contributed by atoms with Gasteiger partial charge in [0.1, 0.15) is 11.5 Å². The number of aliphatic hydroxyl groups excluding tert-OH is 1. The Labute approximate surface area is 87.5 Å². The molecule has 2 N–H and O–H groups in total. The van der Waals surface area contributed by atoms with Crippen LogP contribution >= 0.6 is 0 Å². The predicted octanol–water partition coefficient (Wildman–Crippen LogP) is 2.88. The molecule has 0 aliphatic heterocycles. The van der Waals surface area contributed by atoms with Gasteiger partial charge in [0, 0.05) is 5.92 Å². The molecule has 1 aromatic carbocycles. The summed E-state index contributed by atoms with van der Waals surface area (Å²) in [4.78, 5) is 0. The van der Waals surface area contributed by atoms with Crippen molar-refractivity contribution in [2.75, 3.05) is 0 Å². The maximum absolute atomic E-state index is 9.37. The van der Waals surface area contributed by atoms with Crippen molar-refractivity contribution in [3.05, 3.63) is 58.9 Å². The van der Waals surface area contributed by atoms with E-state index in [9.17, 15) is 10.2 Å². The molecule has 74 valence electrons. The first-order valence-corrected chi connectivity index (χ1v) is 4.87. The van der Waals surface area contributed by atoms with E-state index in [1.807, 2.05) is 18.2 Å². The summed E-state index contributed by atoms with van der Waals surface area (Å²) < 4.78 is 0. The standard InChI is InChI=1S/C13H10O2/c14-10-1-3-12-8(6-10)5-9-7-11(15)2-4-13(9)12/h1-7,12,14-15H. The van der Waals surface area contributed by atoms with E-state index < -0.39 is 0 Å². The minimum absolute atomic E-state index is 0.233. The molecule has 1 aromatic rings. The van der Waals surface area contributed by atoms with Crippen molar-refractivity contribution in [1.29, 1.82) is 0 Å². The Hall–Kier alpha value is -1.96. The van der Waals surface area contributed by atoms with Crippen LogP contribution in [-0.2, 0) is 0 Å². The summed E-state index contributed by atoms with van der Waals surface area (Å²) >= 11 is 0. The number of fused-ring (bicyclic) bond motifs is 3. The number of aromatic hydroxyl groups is 1. The summed E-state index contributed by atoms with van der Waals surface area (Å²) in [5.74, 6) is 0.799. The molecule has 2 aliphatic rings. The summed E-state index contributed by atoms with van der Waals surface area (Å²) in [7, 11) is 0. The molecular weight excluding hydrogens is 188 g/mol. The van der Waals surface area contributed by atoms with E-state index in [0.29, 0.717) is 0 Å². The minimum Gasteiger partial charge on any atom is -0.508 e. The van der Waals surface area contributed by atoms with Gasteiger partial charge in [0.05, 0.1) is 0 Å². The smallest absolute Gasteiger partial charge is 0.116 e. The average molecular weight is 198 g/mol. The van der Waals surface area contributed by atoms with Crippen molar-refractivity contribution in [2.45, 2.75) is 5.92 Å². The fraction of sp³-hybridized carbons (Fsp3) is 0.0769. The number of allylic oxidation sites excluding steroid dienone is 4. The molecule has 0 aromatic heterocycles.